The molecule has 0 saturated carbocycles. The molecule has 0 radical (unpaired) electrons. The highest BCUT2D eigenvalue weighted by molar-refractivity contribution is 5.87. The smallest absolute Gasteiger partial charge is 0.137 e. The maximum atomic E-state index is 5.65. The third kappa shape index (κ3) is 4.11. The number of hydrogen-bond donors (Lipinski definition) is 2. The van der Waals surface area contributed by atoms with Crippen molar-refractivity contribution in [2.24, 2.45) is 10.7 Å². The highest BCUT2D eigenvalue weighted by atomic mass is 35.5. The summed E-state index contributed by atoms with van der Waals surface area (Å²) in [7, 11) is 0. The van der Waals surface area contributed by atoms with Crippen LogP contribution >= 0.6 is 24.8 Å². The Kier molecular flexibility index (Phi) is 9.19. The highest BCUT2D eigenvalue weighted by Crippen LogP contribution is 1.99. The van der Waals surface area contributed by atoms with Crippen LogP contribution in [0.1, 0.15) is 13.3 Å². The van der Waals surface area contributed by atoms with Gasteiger partial charge in [0.15, 0.2) is 0 Å². The lowest BCUT2D eigenvalue weighted by atomic mass is 10.2. The highest BCUT2D eigenvalue weighted by Gasteiger charge is 2.15. The van der Waals surface area contributed by atoms with Crippen LogP contribution in [0, 0.1) is 0 Å². The number of aliphatic imine (C=N–C) groups is 1. The van der Waals surface area contributed by atoms with Crippen molar-refractivity contribution in [1.82, 2.24) is 5.48 Å². The van der Waals surface area contributed by atoms with Crippen molar-refractivity contribution >= 4 is 30.6 Å². The second-order valence-electron chi connectivity index (χ2n) is 2.20. The summed E-state index contributed by atoms with van der Waals surface area (Å²) in [5.74, 6) is 0.779. The maximum absolute atomic E-state index is 5.65. The van der Waals surface area contributed by atoms with Gasteiger partial charge >= 0.3 is 0 Å². The molecule has 0 spiro atoms. The molecule has 0 aliphatic carbocycles. The molecular weight excluding hydrogens is 201 g/mol. The number of hydroxylamine groups is 1. The van der Waals surface area contributed by atoms with Crippen molar-refractivity contribution < 1.29 is 4.84 Å². The minimum atomic E-state index is 0. The van der Waals surface area contributed by atoms with Crippen molar-refractivity contribution in [3.05, 3.63) is 0 Å². The lowest BCUT2D eigenvalue weighted by Crippen LogP contribution is -2.37. The fourth-order valence-electron chi connectivity index (χ4n) is 0.832. The minimum Gasteiger partial charge on any atom is -0.321 e. The summed E-state index contributed by atoms with van der Waals surface area (Å²) in [6.45, 7) is 3.36. The minimum absolute atomic E-state index is 0. The van der Waals surface area contributed by atoms with Crippen LogP contribution in [-0.4, -0.2) is 25.0 Å². The van der Waals surface area contributed by atoms with E-state index in [1.165, 1.54) is 0 Å². The number of nitrogens with one attached hydrogen (secondary N) is 1. The van der Waals surface area contributed by atoms with Crippen LogP contribution in [0.2, 0.25) is 0 Å². The van der Waals surface area contributed by atoms with Crippen molar-refractivity contribution in [2.45, 2.75) is 19.4 Å². The summed E-state index contributed by atoms with van der Waals surface area (Å²) >= 11 is 0. The molecule has 0 bridgehead atoms. The molecular formula is C6H15Cl2N3O. The van der Waals surface area contributed by atoms with Gasteiger partial charge in [0.05, 0.1) is 12.6 Å². The third-order valence-electron chi connectivity index (χ3n) is 1.39. The number of nitrogens with zero attached hydrogens (tertiary/aromatic N) is 1. The fraction of sp³-hybridized carbons (Fsp3) is 0.833. The number of rotatable bonds is 2. The first-order valence-corrected chi connectivity index (χ1v) is 3.52. The molecule has 0 fully saturated rings. The van der Waals surface area contributed by atoms with Gasteiger partial charge in [0, 0.05) is 6.54 Å². The summed E-state index contributed by atoms with van der Waals surface area (Å²) < 4.78 is 0. The molecule has 74 valence electrons. The topological polar surface area (TPSA) is 59.6 Å². The second-order valence-corrected chi connectivity index (χ2v) is 2.20. The number of amidine groups is 1. The zero-order valence-electron chi connectivity index (χ0n) is 6.95. The van der Waals surface area contributed by atoms with Gasteiger partial charge in [-0.1, -0.05) is 0 Å². The van der Waals surface area contributed by atoms with E-state index >= 15 is 0 Å². The zero-order chi connectivity index (χ0) is 7.40. The lowest BCUT2D eigenvalue weighted by molar-refractivity contribution is 0.0951. The van der Waals surface area contributed by atoms with E-state index in [4.69, 9.17) is 10.6 Å². The summed E-state index contributed by atoms with van der Waals surface area (Å²) in [4.78, 5) is 9.04. The quantitative estimate of drug-likeness (QED) is 0.661. The van der Waals surface area contributed by atoms with Gasteiger partial charge in [-0.05, 0) is 13.3 Å². The zero-order valence-corrected chi connectivity index (χ0v) is 8.58. The fourth-order valence-corrected chi connectivity index (χ4v) is 0.832. The van der Waals surface area contributed by atoms with Crippen LogP contribution in [0.15, 0.2) is 4.99 Å². The van der Waals surface area contributed by atoms with Crippen molar-refractivity contribution in [1.29, 1.82) is 0 Å². The van der Waals surface area contributed by atoms with E-state index in [0.717, 1.165) is 18.8 Å². The van der Waals surface area contributed by atoms with E-state index in [2.05, 4.69) is 10.5 Å². The van der Waals surface area contributed by atoms with Crippen LogP contribution in [0.25, 0.3) is 0 Å². The molecule has 0 aromatic rings. The summed E-state index contributed by atoms with van der Waals surface area (Å²) in [5, 5.41) is 0. The molecule has 4 nitrogen and oxygen atoms in total. The Hall–Kier alpha value is -0.0300. The molecule has 1 heterocycles. The van der Waals surface area contributed by atoms with Crippen molar-refractivity contribution in [2.75, 3.05) is 13.2 Å². The van der Waals surface area contributed by atoms with Gasteiger partial charge in [-0.15, -0.1) is 24.8 Å². The number of halogens is 2. The molecule has 6 heteroatoms. The van der Waals surface area contributed by atoms with E-state index < -0.39 is 0 Å². The number of nitrogens with two attached hydrogens (primary N) is 1. The second kappa shape index (κ2) is 7.61. The van der Waals surface area contributed by atoms with Gasteiger partial charge in [-0.3, -0.25) is 15.3 Å². The molecule has 1 atom stereocenters. The van der Waals surface area contributed by atoms with Crippen LogP contribution in [-0.2, 0) is 4.84 Å². The predicted molar refractivity (Wildman–Crippen MR) is 54.2 cm³/mol. The Labute approximate surface area is 84.7 Å². The molecule has 0 aromatic carbocycles. The largest absolute Gasteiger partial charge is 0.321 e. The van der Waals surface area contributed by atoms with E-state index in [1.807, 2.05) is 6.92 Å². The first kappa shape index (κ1) is 14.5. The molecule has 1 rings (SSSR count). The third-order valence-corrected chi connectivity index (χ3v) is 1.39. The molecule has 0 saturated heterocycles. The van der Waals surface area contributed by atoms with Crippen molar-refractivity contribution in [3.8, 4) is 0 Å². The van der Waals surface area contributed by atoms with Gasteiger partial charge < -0.3 is 5.73 Å². The van der Waals surface area contributed by atoms with Gasteiger partial charge in [-0.2, -0.15) is 0 Å². The first-order chi connectivity index (χ1) is 4.84. The lowest BCUT2D eigenvalue weighted by Gasteiger charge is -2.07. The Balaban J connectivity index is 0. The normalized spacial score (nSPS) is 20.5. The molecule has 0 aromatic heterocycles. The molecule has 0 amide bonds. The first-order valence-electron chi connectivity index (χ1n) is 3.52. The van der Waals surface area contributed by atoms with Gasteiger partial charge in [0.1, 0.15) is 5.84 Å². The predicted octanol–water partition coefficient (Wildman–Crippen LogP) is 0.501. The summed E-state index contributed by atoms with van der Waals surface area (Å²) in [5.41, 5.74) is 8.35. The SMILES string of the molecule is CCONC1=NCCC1N.Cl.Cl. The van der Waals surface area contributed by atoms with Gasteiger partial charge in [-0.25, -0.2) is 0 Å². The molecule has 12 heavy (non-hydrogen) atoms. The van der Waals surface area contributed by atoms with Crippen LogP contribution < -0.4 is 11.2 Å². The average molecular weight is 216 g/mol. The van der Waals surface area contributed by atoms with Crippen LogP contribution in [0.5, 0.6) is 0 Å². The van der Waals surface area contributed by atoms with E-state index in [0.29, 0.717) is 6.61 Å². The van der Waals surface area contributed by atoms with Crippen LogP contribution in [0.4, 0.5) is 0 Å². The van der Waals surface area contributed by atoms with Crippen molar-refractivity contribution in [3.63, 3.8) is 0 Å². The van der Waals surface area contributed by atoms with Crippen LogP contribution in [0.3, 0.4) is 0 Å². The molecule has 3 N–H and O–H groups in total. The van der Waals surface area contributed by atoms with E-state index in [-0.39, 0.29) is 30.9 Å². The Morgan fingerprint density at radius 2 is 2.33 bits per heavy atom. The molecule has 1 aliphatic heterocycles. The summed E-state index contributed by atoms with van der Waals surface area (Å²) in [6, 6.07) is 0.0477. The standard InChI is InChI=1S/C6H13N3O.2ClH/c1-2-10-9-6-5(7)3-4-8-6;;/h5H,2-4,7H2,1H3,(H,8,9);2*1H. The molecule has 1 aliphatic rings. The van der Waals surface area contributed by atoms with Gasteiger partial charge in [0.2, 0.25) is 0 Å². The summed E-state index contributed by atoms with van der Waals surface area (Å²) in [6.07, 6.45) is 0.926. The Bertz CT molecular complexity index is 143. The maximum Gasteiger partial charge on any atom is 0.137 e. The monoisotopic (exact) mass is 215 g/mol. The van der Waals surface area contributed by atoms with Gasteiger partial charge in [0.25, 0.3) is 0 Å². The Morgan fingerprint density at radius 3 is 2.75 bits per heavy atom. The average Bonchev–Trinajstić information content (AvgIpc) is 2.31. The van der Waals surface area contributed by atoms with E-state index in [9.17, 15) is 0 Å². The van der Waals surface area contributed by atoms with E-state index in [1.54, 1.807) is 0 Å². The Morgan fingerprint density at radius 1 is 1.67 bits per heavy atom. The molecule has 1 unspecified atom stereocenters. The number of hydrogen-bond acceptors (Lipinski definition) is 4.